The lowest BCUT2D eigenvalue weighted by Gasteiger charge is -2.11. The van der Waals surface area contributed by atoms with Crippen LogP contribution in [-0.4, -0.2) is 18.2 Å². The molecule has 0 aliphatic heterocycles. The van der Waals surface area contributed by atoms with Gasteiger partial charge in [0, 0.05) is 0 Å². The summed E-state index contributed by atoms with van der Waals surface area (Å²) >= 11 is 0. The van der Waals surface area contributed by atoms with Crippen molar-refractivity contribution >= 4 is 26.5 Å². The number of anilines is 1. The van der Waals surface area contributed by atoms with E-state index in [1.807, 2.05) is 48.9 Å². The topological polar surface area (TPSA) is 64.0 Å². The highest BCUT2D eigenvalue weighted by molar-refractivity contribution is 7.92. The Balaban J connectivity index is 1.62. The third-order valence-corrected chi connectivity index (χ3v) is 6.96. The molecule has 160 valence electrons. The zero-order valence-corrected chi connectivity index (χ0v) is 18.9. The van der Waals surface area contributed by atoms with Gasteiger partial charge < -0.3 is 0 Å². The maximum absolute atomic E-state index is 13.0. The first kappa shape index (κ1) is 21.1. The predicted octanol–water partition coefficient (Wildman–Crippen LogP) is 5.45. The molecule has 0 unspecified atom stereocenters. The first-order valence-corrected chi connectivity index (χ1v) is 12.0. The largest absolute Gasteiger partial charge is 0.276 e. The Morgan fingerprint density at radius 1 is 0.935 bits per heavy atom. The number of hydrogen-bond acceptors (Lipinski definition) is 3. The molecule has 0 radical (unpaired) electrons. The molecule has 1 heterocycles. The summed E-state index contributed by atoms with van der Waals surface area (Å²) < 4.78 is 30.6. The summed E-state index contributed by atoms with van der Waals surface area (Å²) in [5.74, 6) is 0. The number of sulfonamides is 1. The van der Waals surface area contributed by atoms with Crippen LogP contribution in [0.5, 0.6) is 0 Å². The molecule has 0 saturated carbocycles. The van der Waals surface area contributed by atoms with Crippen molar-refractivity contribution in [3.8, 4) is 0 Å². The Bertz CT molecular complexity index is 1320. The van der Waals surface area contributed by atoms with Gasteiger partial charge in [-0.3, -0.25) is 9.40 Å². The van der Waals surface area contributed by atoms with E-state index in [1.165, 1.54) is 10.8 Å². The molecular weight excluding hydrogens is 406 g/mol. The smallest absolute Gasteiger partial charge is 0.262 e. The predicted molar refractivity (Wildman–Crippen MR) is 126 cm³/mol. The van der Waals surface area contributed by atoms with Crippen molar-refractivity contribution in [2.24, 2.45) is 0 Å². The molecule has 0 amide bonds. The Kier molecular flexibility index (Phi) is 5.83. The second kappa shape index (κ2) is 8.55. The highest BCUT2D eigenvalue weighted by Gasteiger charge is 2.20. The summed E-state index contributed by atoms with van der Waals surface area (Å²) in [6.07, 6.45) is 1.96. The molecule has 5 nitrogen and oxygen atoms in total. The number of benzene rings is 3. The number of fused-ring (bicyclic) bond motifs is 1. The Morgan fingerprint density at radius 2 is 1.65 bits per heavy atom. The molecule has 0 aliphatic rings. The highest BCUT2D eigenvalue weighted by atomic mass is 32.2. The van der Waals surface area contributed by atoms with Crippen molar-refractivity contribution in [3.05, 3.63) is 89.2 Å². The zero-order valence-electron chi connectivity index (χ0n) is 18.1. The van der Waals surface area contributed by atoms with Gasteiger partial charge in [0.05, 0.1) is 28.5 Å². The van der Waals surface area contributed by atoms with Crippen LogP contribution in [0.4, 0.5) is 5.69 Å². The molecule has 3 aromatic carbocycles. The van der Waals surface area contributed by atoms with E-state index in [1.54, 1.807) is 12.1 Å². The van der Waals surface area contributed by atoms with Crippen LogP contribution >= 0.6 is 0 Å². The lowest BCUT2D eigenvalue weighted by atomic mass is 10.0. The van der Waals surface area contributed by atoms with Crippen molar-refractivity contribution in [1.29, 1.82) is 0 Å². The van der Waals surface area contributed by atoms with Gasteiger partial charge in [0.25, 0.3) is 10.0 Å². The van der Waals surface area contributed by atoms with Crippen molar-refractivity contribution in [3.63, 3.8) is 0 Å². The molecule has 6 heteroatoms. The van der Waals surface area contributed by atoms with Crippen LogP contribution in [0.25, 0.3) is 10.8 Å². The summed E-state index contributed by atoms with van der Waals surface area (Å²) in [5.41, 5.74) is 4.26. The maximum atomic E-state index is 13.0. The second-order valence-electron chi connectivity index (χ2n) is 7.84. The Morgan fingerprint density at radius 3 is 2.39 bits per heavy atom. The van der Waals surface area contributed by atoms with Crippen molar-refractivity contribution in [1.82, 2.24) is 9.78 Å². The first-order chi connectivity index (χ1) is 14.9. The number of rotatable bonds is 7. The number of aryl methyl sites for hydroxylation is 2. The van der Waals surface area contributed by atoms with E-state index in [2.05, 4.69) is 41.0 Å². The average molecular weight is 434 g/mol. The fourth-order valence-corrected chi connectivity index (χ4v) is 5.08. The Hall–Kier alpha value is -3.12. The van der Waals surface area contributed by atoms with E-state index >= 15 is 0 Å². The van der Waals surface area contributed by atoms with E-state index in [-0.39, 0.29) is 4.90 Å². The van der Waals surface area contributed by atoms with Gasteiger partial charge in [-0.2, -0.15) is 5.10 Å². The van der Waals surface area contributed by atoms with E-state index in [9.17, 15) is 8.42 Å². The number of aromatic nitrogens is 2. The van der Waals surface area contributed by atoms with Crippen LogP contribution in [0.1, 0.15) is 35.9 Å². The molecule has 0 atom stereocenters. The van der Waals surface area contributed by atoms with Crippen LogP contribution in [0.2, 0.25) is 0 Å². The molecule has 0 bridgehead atoms. The lowest BCUT2D eigenvalue weighted by Crippen LogP contribution is -2.14. The third-order valence-electron chi connectivity index (χ3n) is 5.59. The minimum Gasteiger partial charge on any atom is -0.276 e. The van der Waals surface area contributed by atoms with Gasteiger partial charge in [-0.25, -0.2) is 8.42 Å². The molecule has 0 aliphatic carbocycles. The molecule has 4 aromatic rings. The van der Waals surface area contributed by atoms with Crippen molar-refractivity contribution < 1.29 is 8.42 Å². The van der Waals surface area contributed by atoms with Crippen LogP contribution in [0, 0.1) is 13.8 Å². The first-order valence-electron chi connectivity index (χ1n) is 10.5. The van der Waals surface area contributed by atoms with E-state index in [0.717, 1.165) is 29.7 Å². The van der Waals surface area contributed by atoms with Gasteiger partial charge >= 0.3 is 0 Å². The number of nitrogens with one attached hydrogen (secondary N) is 1. The summed E-state index contributed by atoms with van der Waals surface area (Å²) in [4.78, 5) is 0.257. The van der Waals surface area contributed by atoms with E-state index < -0.39 is 10.0 Å². The molecule has 0 saturated heterocycles. The van der Waals surface area contributed by atoms with E-state index in [0.29, 0.717) is 17.9 Å². The fourth-order valence-electron chi connectivity index (χ4n) is 3.91. The standard InChI is InChI=1S/C25H27N3O2S/c1-4-8-20-13-15-23(16-14-20)31(29,30)27-25-18(2)26-28(19(25)3)17-22-11-7-10-21-9-5-6-12-24(21)22/h5-7,9-16,27H,4,8,17H2,1-3H3. The van der Waals surface area contributed by atoms with Gasteiger partial charge in [0.15, 0.2) is 0 Å². The minimum atomic E-state index is -3.69. The van der Waals surface area contributed by atoms with Crippen molar-refractivity contribution in [2.45, 2.75) is 45.1 Å². The Labute approximate surface area is 183 Å². The van der Waals surface area contributed by atoms with Crippen molar-refractivity contribution in [2.75, 3.05) is 4.72 Å². The molecule has 1 N–H and O–H groups in total. The number of hydrogen-bond donors (Lipinski definition) is 1. The molecule has 0 spiro atoms. The second-order valence-corrected chi connectivity index (χ2v) is 9.52. The maximum Gasteiger partial charge on any atom is 0.262 e. The SMILES string of the molecule is CCCc1ccc(S(=O)(=O)Nc2c(C)nn(Cc3cccc4ccccc34)c2C)cc1. The summed E-state index contributed by atoms with van der Waals surface area (Å²) in [6, 6.07) is 21.5. The van der Waals surface area contributed by atoms with Crippen LogP contribution in [-0.2, 0) is 23.0 Å². The van der Waals surface area contributed by atoms with Gasteiger partial charge in [-0.1, -0.05) is 67.9 Å². The summed E-state index contributed by atoms with van der Waals surface area (Å²) in [7, 11) is -3.69. The average Bonchev–Trinajstić information content (AvgIpc) is 3.02. The number of nitrogens with zero attached hydrogens (tertiary/aromatic N) is 2. The van der Waals surface area contributed by atoms with Crippen LogP contribution in [0.15, 0.2) is 71.6 Å². The molecular formula is C25H27N3O2S. The van der Waals surface area contributed by atoms with Crippen LogP contribution in [0.3, 0.4) is 0 Å². The van der Waals surface area contributed by atoms with Crippen LogP contribution < -0.4 is 4.72 Å². The minimum absolute atomic E-state index is 0.257. The quantitative estimate of drug-likeness (QED) is 0.421. The molecule has 0 fully saturated rings. The molecule has 1 aromatic heterocycles. The lowest BCUT2D eigenvalue weighted by molar-refractivity contribution is 0.601. The fraction of sp³-hybridized carbons (Fsp3) is 0.240. The normalized spacial score (nSPS) is 11.7. The summed E-state index contributed by atoms with van der Waals surface area (Å²) in [5, 5.41) is 6.97. The summed E-state index contributed by atoms with van der Waals surface area (Å²) in [6.45, 7) is 6.40. The third kappa shape index (κ3) is 4.35. The zero-order chi connectivity index (χ0) is 22.0. The van der Waals surface area contributed by atoms with Gasteiger partial charge in [0.2, 0.25) is 0 Å². The van der Waals surface area contributed by atoms with Gasteiger partial charge in [-0.15, -0.1) is 0 Å². The molecule has 4 rings (SSSR count). The van der Waals surface area contributed by atoms with Gasteiger partial charge in [-0.05, 0) is 54.3 Å². The monoisotopic (exact) mass is 433 g/mol. The highest BCUT2D eigenvalue weighted by Crippen LogP contribution is 2.26. The van der Waals surface area contributed by atoms with E-state index in [4.69, 9.17) is 0 Å². The molecule has 31 heavy (non-hydrogen) atoms. The van der Waals surface area contributed by atoms with Gasteiger partial charge in [0.1, 0.15) is 0 Å².